The second-order valence-corrected chi connectivity index (χ2v) is 10.2. The van der Waals surface area contributed by atoms with E-state index in [2.05, 4.69) is 17.4 Å². The van der Waals surface area contributed by atoms with Gasteiger partial charge in [0.05, 0.1) is 12.1 Å². The largest absolute Gasteiger partial charge is 0.460 e. The van der Waals surface area contributed by atoms with E-state index in [1.54, 1.807) is 0 Å². The van der Waals surface area contributed by atoms with Crippen LogP contribution in [0, 0.1) is 6.92 Å². The van der Waals surface area contributed by atoms with Crippen molar-refractivity contribution in [3.05, 3.63) is 59.5 Å². The summed E-state index contributed by atoms with van der Waals surface area (Å²) in [5.74, 6) is 0.671. The highest BCUT2D eigenvalue weighted by Crippen LogP contribution is 2.34. The van der Waals surface area contributed by atoms with Crippen LogP contribution in [0.5, 0.6) is 0 Å². The normalized spacial score (nSPS) is 21.5. The fraction of sp³-hybridized carbons (Fsp3) is 0.500. The minimum absolute atomic E-state index is 0.0415. The molecule has 2 aliphatic rings. The van der Waals surface area contributed by atoms with Gasteiger partial charge in [-0.1, -0.05) is 56.0 Å². The number of amides is 2. The molecular weight excluding hydrogens is 426 g/mol. The van der Waals surface area contributed by atoms with Crippen LogP contribution in [0.2, 0.25) is 0 Å². The third-order valence-electron chi connectivity index (χ3n) is 7.61. The van der Waals surface area contributed by atoms with Gasteiger partial charge >= 0.3 is 0 Å². The van der Waals surface area contributed by atoms with Crippen LogP contribution in [0.25, 0.3) is 11.1 Å². The summed E-state index contributed by atoms with van der Waals surface area (Å²) >= 11 is 0. The Labute approximate surface area is 201 Å². The van der Waals surface area contributed by atoms with Gasteiger partial charge in [-0.3, -0.25) is 9.59 Å². The van der Waals surface area contributed by atoms with Crippen LogP contribution in [0.4, 0.5) is 0 Å². The first-order valence-corrected chi connectivity index (χ1v) is 12.7. The molecule has 0 saturated heterocycles. The van der Waals surface area contributed by atoms with Crippen LogP contribution in [0.3, 0.4) is 0 Å². The Morgan fingerprint density at radius 3 is 2.59 bits per heavy atom. The van der Waals surface area contributed by atoms with Gasteiger partial charge < -0.3 is 19.2 Å². The van der Waals surface area contributed by atoms with Crippen molar-refractivity contribution in [3.8, 4) is 0 Å². The molecule has 2 aromatic heterocycles. The molecule has 5 rings (SSSR count). The lowest BCUT2D eigenvalue weighted by molar-refractivity contribution is -0.133. The van der Waals surface area contributed by atoms with Crippen molar-refractivity contribution < 1.29 is 14.0 Å². The maximum absolute atomic E-state index is 13.8. The molecule has 1 saturated carbocycles. The van der Waals surface area contributed by atoms with Crippen LogP contribution in [0.1, 0.15) is 73.7 Å². The van der Waals surface area contributed by atoms with Gasteiger partial charge in [0.2, 0.25) is 5.91 Å². The van der Waals surface area contributed by atoms with Gasteiger partial charge in [-0.15, -0.1) is 0 Å². The highest BCUT2D eigenvalue weighted by Gasteiger charge is 2.48. The van der Waals surface area contributed by atoms with Crippen molar-refractivity contribution in [2.45, 2.75) is 83.3 Å². The number of hydrogen-bond acceptors (Lipinski definition) is 3. The number of aromatic nitrogens is 1. The minimum atomic E-state index is -0.954. The van der Waals surface area contributed by atoms with Crippen LogP contribution in [0.15, 0.2) is 46.9 Å². The molecule has 0 bridgehead atoms. The van der Waals surface area contributed by atoms with Crippen molar-refractivity contribution in [1.82, 2.24) is 14.8 Å². The highest BCUT2D eigenvalue weighted by molar-refractivity contribution is 6.03. The molecule has 2 amide bonds. The molecule has 0 radical (unpaired) electrons. The first kappa shape index (κ1) is 22.8. The first-order chi connectivity index (χ1) is 16.5. The lowest BCUT2D eigenvalue weighted by Crippen LogP contribution is -2.65. The van der Waals surface area contributed by atoms with Gasteiger partial charge in [-0.2, -0.15) is 0 Å². The number of furan rings is 1. The third kappa shape index (κ3) is 4.26. The van der Waals surface area contributed by atoms with E-state index in [1.807, 2.05) is 53.6 Å². The summed E-state index contributed by atoms with van der Waals surface area (Å²) in [6, 6.07) is 14.3. The minimum Gasteiger partial charge on any atom is -0.460 e. The smallest absolute Gasteiger partial charge is 0.271 e. The Bertz CT molecular complexity index is 1170. The maximum atomic E-state index is 13.8. The second kappa shape index (κ2) is 9.32. The van der Waals surface area contributed by atoms with Crippen molar-refractivity contribution in [2.24, 2.45) is 0 Å². The monoisotopic (exact) mass is 461 g/mol. The molecule has 6 nitrogen and oxygen atoms in total. The number of carbonyl (C=O) groups excluding carboxylic acids is 2. The predicted molar refractivity (Wildman–Crippen MR) is 133 cm³/mol. The van der Waals surface area contributed by atoms with Crippen LogP contribution >= 0.6 is 0 Å². The Morgan fingerprint density at radius 1 is 1.12 bits per heavy atom. The van der Waals surface area contributed by atoms with E-state index in [-0.39, 0.29) is 17.9 Å². The molecule has 0 spiro atoms. The topological polar surface area (TPSA) is 67.5 Å². The zero-order valence-corrected chi connectivity index (χ0v) is 20.3. The summed E-state index contributed by atoms with van der Waals surface area (Å²) in [6.45, 7) is 4.81. The molecule has 1 N–H and O–H groups in total. The number of nitrogens with one attached hydrogen (secondary N) is 1. The molecule has 1 atom stereocenters. The van der Waals surface area contributed by atoms with Crippen molar-refractivity contribution >= 4 is 22.9 Å². The number of benzene rings is 1. The zero-order chi connectivity index (χ0) is 23.7. The lowest BCUT2D eigenvalue weighted by Gasteiger charge is -2.44. The Kier molecular flexibility index (Phi) is 6.24. The molecule has 3 aromatic rings. The van der Waals surface area contributed by atoms with E-state index in [0.717, 1.165) is 49.8 Å². The van der Waals surface area contributed by atoms with Gasteiger partial charge in [0.1, 0.15) is 17.0 Å². The summed E-state index contributed by atoms with van der Waals surface area (Å²) < 4.78 is 7.80. The Hall–Kier alpha value is -3.02. The quantitative estimate of drug-likeness (QED) is 0.511. The summed E-state index contributed by atoms with van der Waals surface area (Å²) in [4.78, 5) is 29.4. The SMILES string of the molecule is Cc1cc2c(cc3n2C[C@@](C)(C(=O)NC2CCCCCC2)N(CCCc2ccccc2)C3=O)o1. The number of hydrogen-bond donors (Lipinski definition) is 1. The van der Waals surface area contributed by atoms with Crippen LogP contribution < -0.4 is 5.32 Å². The molecule has 1 fully saturated rings. The molecule has 1 aromatic carbocycles. The summed E-state index contributed by atoms with van der Waals surface area (Å²) in [5.41, 5.74) is 2.49. The van der Waals surface area contributed by atoms with Gasteiger partial charge in [0.25, 0.3) is 5.91 Å². The fourth-order valence-corrected chi connectivity index (χ4v) is 5.66. The number of rotatable bonds is 6. The molecule has 3 heterocycles. The van der Waals surface area contributed by atoms with Gasteiger partial charge in [-0.25, -0.2) is 0 Å². The molecule has 180 valence electrons. The average Bonchev–Trinajstić information content (AvgIpc) is 3.22. The van der Waals surface area contributed by atoms with Crippen molar-refractivity contribution in [1.29, 1.82) is 0 Å². The first-order valence-electron chi connectivity index (χ1n) is 12.7. The molecular formula is C28H35N3O3. The van der Waals surface area contributed by atoms with Crippen LogP contribution in [-0.4, -0.2) is 39.4 Å². The maximum Gasteiger partial charge on any atom is 0.271 e. The summed E-state index contributed by atoms with van der Waals surface area (Å²) in [7, 11) is 0. The van der Waals surface area contributed by atoms with Gasteiger partial charge in [0.15, 0.2) is 5.58 Å². The molecule has 1 aliphatic heterocycles. The number of nitrogens with zero attached hydrogens (tertiary/aromatic N) is 2. The summed E-state index contributed by atoms with van der Waals surface area (Å²) in [6.07, 6.45) is 8.48. The van der Waals surface area contributed by atoms with E-state index >= 15 is 0 Å². The van der Waals surface area contributed by atoms with E-state index in [4.69, 9.17) is 4.42 Å². The van der Waals surface area contributed by atoms with Crippen LogP contribution in [-0.2, 0) is 17.8 Å². The van der Waals surface area contributed by atoms with E-state index < -0.39 is 5.54 Å². The van der Waals surface area contributed by atoms with E-state index in [1.165, 1.54) is 18.4 Å². The summed E-state index contributed by atoms with van der Waals surface area (Å²) in [5, 5.41) is 3.33. The van der Waals surface area contributed by atoms with Crippen molar-refractivity contribution in [3.63, 3.8) is 0 Å². The lowest BCUT2D eigenvalue weighted by atomic mass is 9.93. The van der Waals surface area contributed by atoms with Gasteiger partial charge in [0, 0.05) is 24.7 Å². The average molecular weight is 462 g/mol. The van der Waals surface area contributed by atoms with Gasteiger partial charge in [-0.05, 0) is 45.1 Å². The second-order valence-electron chi connectivity index (χ2n) is 10.2. The van der Waals surface area contributed by atoms with E-state index in [0.29, 0.717) is 24.4 Å². The molecule has 0 unspecified atom stereocenters. The molecule has 34 heavy (non-hydrogen) atoms. The molecule has 1 aliphatic carbocycles. The third-order valence-corrected chi connectivity index (χ3v) is 7.61. The number of aryl methyl sites for hydroxylation is 2. The van der Waals surface area contributed by atoms with E-state index in [9.17, 15) is 9.59 Å². The van der Waals surface area contributed by atoms with Crippen molar-refractivity contribution in [2.75, 3.05) is 6.54 Å². The Morgan fingerprint density at radius 2 is 1.85 bits per heavy atom. The molecule has 6 heteroatoms. The zero-order valence-electron chi connectivity index (χ0n) is 20.3. The standard InChI is InChI=1S/C28H35N3O3/c1-20-17-23-25(34-20)18-24-26(32)31(16-10-13-21-11-6-5-7-12-21)28(2,19-30(23)24)27(33)29-22-14-8-3-4-9-15-22/h5-7,11-12,17-18,22H,3-4,8-10,13-16,19H2,1-2H3,(H,29,33)/t28-/m0/s1. The highest BCUT2D eigenvalue weighted by atomic mass is 16.3. The number of carbonyl (C=O) groups is 2. The predicted octanol–water partition coefficient (Wildman–Crippen LogP) is 5.23. The number of fused-ring (bicyclic) bond motifs is 3. The Balaban J connectivity index is 1.43. The fourth-order valence-electron chi connectivity index (χ4n) is 5.66.